The molecule has 6 nitrogen and oxygen atoms in total. The summed E-state index contributed by atoms with van der Waals surface area (Å²) in [6.45, 7) is 28.4. The number of hydrogen-bond donors (Lipinski definition) is 1. The third kappa shape index (κ3) is 11.7. The second-order valence-electron chi connectivity index (χ2n) is 14.2. The highest BCUT2D eigenvalue weighted by Crippen LogP contribution is 2.39. The van der Waals surface area contributed by atoms with Gasteiger partial charge in [0.1, 0.15) is 12.0 Å². The summed E-state index contributed by atoms with van der Waals surface area (Å²) in [5, 5.41) is 9.59. The van der Waals surface area contributed by atoms with Gasteiger partial charge in [-0.2, -0.15) is 0 Å². The van der Waals surface area contributed by atoms with Crippen molar-refractivity contribution in [3.8, 4) is 11.8 Å². The van der Waals surface area contributed by atoms with Crippen molar-refractivity contribution in [3.05, 3.63) is 48.2 Å². The second-order valence-corrected chi connectivity index (χ2v) is 23.7. The van der Waals surface area contributed by atoms with Gasteiger partial charge in [-0.3, -0.25) is 0 Å². The van der Waals surface area contributed by atoms with Crippen LogP contribution in [0.4, 0.5) is 0 Å². The van der Waals surface area contributed by atoms with Gasteiger partial charge in [-0.05, 0) is 56.2 Å². The lowest BCUT2D eigenvalue weighted by Gasteiger charge is -2.39. The van der Waals surface area contributed by atoms with Crippen molar-refractivity contribution >= 4 is 22.7 Å². The monoisotopic (exact) mass is 617 g/mol. The van der Waals surface area contributed by atoms with Crippen LogP contribution in [0, 0.1) is 17.8 Å². The van der Waals surface area contributed by atoms with Crippen LogP contribution in [0.1, 0.15) is 86.2 Å². The molecule has 0 fully saturated rings. The van der Waals surface area contributed by atoms with Crippen molar-refractivity contribution in [1.82, 2.24) is 4.98 Å². The summed E-state index contributed by atoms with van der Waals surface area (Å²) in [7, 11) is -2.27. The third-order valence-corrected chi connectivity index (χ3v) is 17.7. The van der Waals surface area contributed by atoms with E-state index in [1.54, 1.807) is 19.4 Å². The molecule has 0 aliphatic rings. The van der Waals surface area contributed by atoms with Gasteiger partial charge in [-0.1, -0.05) is 84.8 Å². The average molecular weight is 618 g/mol. The smallest absolute Gasteiger partial charge is 0.199 e. The number of nitrogens with zero attached hydrogens (tertiary/aromatic N) is 1. The van der Waals surface area contributed by atoms with Gasteiger partial charge >= 0.3 is 0 Å². The van der Waals surface area contributed by atoms with Gasteiger partial charge in [-0.25, -0.2) is 4.98 Å². The zero-order valence-corrected chi connectivity index (χ0v) is 30.9. The molecule has 1 heterocycles. The molecule has 42 heavy (non-hydrogen) atoms. The van der Waals surface area contributed by atoms with Crippen molar-refractivity contribution in [1.29, 1.82) is 0 Å². The van der Waals surface area contributed by atoms with Gasteiger partial charge < -0.3 is 23.1 Å². The van der Waals surface area contributed by atoms with Crippen LogP contribution in [0.25, 0.3) is 6.08 Å². The van der Waals surface area contributed by atoms with Gasteiger partial charge in [0.15, 0.2) is 22.5 Å². The van der Waals surface area contributed by atoms with Gasteiger partial charge in [0.2, 0.25) is 0 Å². The van der Waals surface area contributed by atoms with Crippen molar-refractivity contribution in [3.63, 3.8) is 0 Å². The summed E-state index contributed by atoms with van der Waals surface area (Å²) in [5.74, 6) is 6.92. The first kappa shape index (κ1) is 38.3. The Morgan fingerprint density at radius 3 is 2.10 bits per heavy atom. The summed E-state index contributed by atoms with van der Waals surface area (Å²) < 4.78 is 25.1. The van der Waals surface area contributed by atoms with Crippen LogP contribution in [-0.4, -0.2) is 58.8 Å². The number of allylic oxidation sites excluding steroid dienone is 2. The van der Waals surface area contributed by atoms with E-state index in [-0.39, 0.29) is 46.8 Å². The van der Waals surface area contributed by atoms with Crippen LogP contribution in [0.15, 0.2) is 41.1 Å². The molecular formula is C34H59NO5Si2. The van der Waals surface area contributed by atoms with Crippen molar-refractivity contribution in [2.45, 2.75) is 129 Å². The van der Waals surface area contributed by atoms with Gasteiger partial charge in [-0.15, -0.1) is 5.92 Å². The van der Waals surface area contributed by atoms with Gasteiger partial charge in [0.25, 0.3) is 0 Å². The highest BCUT2D eigenvalue weighted by atomic mass is 28.4. The molecule has 1 N–H and O–H groups in total. The first-order valence-corrected chi connectivity index (χ1v) is 21.0. The fraction of sp³-hybridized carbons (Fsp3) is 0.676. The molecule has 0 aliphatic carbocycles. The molecule has 0 radical (unpaired) electrons. The number of aliphatic hydroxyl groups is 1. The molecular weight excluding hydrogens is 559 g/mol. The lowest BCUT2D eigenvalue weighted by atomic mass is 9.98. The topological polar surface area (TPSA) is 74.0 Å². The Bertz CT molecular complexity index is 1100. The minimum absolute atomic E-state index is 0.0253. The number of hydrogen-bond acceptors (Lipinski definition) is 6. The van der Waals surface area contributed by atoms with Crippen LogP contribution >= 0.6 is 0 Å². The molecule has 8 heteroatoms. The predicted octanol–water partition coefficient (Wildman–Crippen LogP) is 8.74. The van der Waals surface area contributed by atoms with E-state index in [2.05, 4.69) is 99.5 Å². The maximum Gasteiger partial charge on any atom is 0.199 e. The Kier molecular flexibility index (Phi) is 14.9. The van der Waals surface area contributed by atoms with E-state index in [0.29, 0.717) is 12.3 Å². The Morgan fingerprint density at radius 2 is 1.57 bits per heavy atom. The molecule has 0 unspecified atom stereocenters. The fourth-order valence-electron chi connectivity index (χ4n) is 3.88. The Balaban J connectivity index is 3.05. The van der Waals surface area contributed by atoms with Crippen LogP contribution in [0.5, 0.6) is 0 Å². The Labute approximate surface area is 259 Å². The van der Waals surface area contributed by atoms with Crippen LogP contribution in [0.2, 0.25) is 36.3 Å². The first-order valence-electron chi connectivity index (χ1n) is 15.2. The molecule has 0 spiro atoms. The molecule has 0 amide bonds. The quantitative estimate of drug-likeness (QED) is 0.0918. The van der Waals surface area contributed by atoms with Crippen molar-refractivity contribution in [2.24, 2.45) is 5.92 Å². The average Bonchev–Trinajstić information content (AvgIpc) is 3.34. The number of methoxy groups -OCH3 is 1. The molecule has 0 saturated heterocycles. The minimum atomic E-state index is -2.03. The van der Waals surface area contributed by atoms with E-state index >= 15 is 0 Å². The second kappa shape index (κ2) is 16.4. The van der Waals surface area contributed by atoms with Crippen LogP contribution < -0.4 is 0 Å². The lowest BCUT2D eigenvalue weighted by molar-refractivity contribution is 0.0415. The van der Waals surface area contributed by atoms with E-state index in [1.807, 2.05) is 31.2 Å². The standard InChI is InChI=1S/C34H59NO5Si2/c1-15-19-26(2)30(40-42(13,14)34(7,8)9)22-17-16-20-28-25-38-32(35-28)27(3)31(37-10)24-29(21-18-23-36)39-41(11,12)33(4,5)6/h16-18,20-22,25-27,29-31,36H,23-24H2,1-14H3/b20-16+,21-18+,22-17+/t26-,27-,29+,30+,31-/m1/s1. The molecule has 1 aromatic rings. The first-order chi connectivity index (χ1) is 19.3. The molecule has 238 valence electrons. The summed E-state index contributed by atoms with van der Waals surface area (Å²) in [6.07, 6.45) is 13.6. The van der Waals surface area contributed by atoms with Crippen LogP contribution in [-0.2, 0) is 13.6 Å². The van der Waals surface area contributed by atoms with Crippen LogP contribution in [0.3, 0.4) is 0 Å². The maximum atomic E-state index is 9.40. The molecule has 0 saturated carbocycles. The number of rotatable bonds is 15. The number of aromatic nitrogens is 1. The largest absolute Gasteiger partial charge is 0.448 e. The minimum Gasteiger partial charge on any atom is -0.448 e. The van der Waals surface area contributed by atoms with E-state index in [9.17, 15) is 5.11 Å². The number of ether oxygens (including phenoxy) is 1. The zero-order valence-electron chi connectivity index (χ0n) is 28.9. The molecule has 0 bridgehead atoms. The normalized spacial score (nSPS) is 17.4. The van der Waals surface area contributed by atoms with Gasteiger partial charge in [0.05, 0.1) is 30.8 Å². The molecule has 0 aliphatic heterocycles. The van der Waals surface area contributed by atoms with E-state index < -0.39 is 16.6 Å². The third-order valence-electron chi connectivity index (χ3n) is 8.74. The Hall–Kier alpha value is -1.74. The van der Waals surface area contributed by atoms with E-state index in [4.69, 9.17) is 23.0 Å². The molecule has 0 aromatic carbocycles. The van der Waals surface area contributed by atoms with Crippen molar-refractivity contribution in [2.75, 3.05) is 13.7 Å². The predicted molar refractivity (Wildman–Crippen MR) is 181 cm³/mol. The summed E-state index contributed by atoms with van der Waals surface area (Å²) in [6, 6.07) is 0. The van der Waals surface area contributed by atoms with Crippen molar-refractivity contribution < 1.29 is 23.1 Å². The Morgan fingerprint density at radius 1 is 0.976 bits per heavy atom. The number of aliphatic hydroxyl groups excluding tert-OH is 1. The summed E-state index contributed by atoms with van der Waals surface area (Å²) in [4.78, 5) is 4.73. The van der Waals surface area contributed by atoms with Gasteiger partial charge in [0, 0.05) is 19.4 Å². The summed E-state index contributed by atoms with van der Waals surface area (Å²) in [5.41, 5.74) is 0.744. The molecule has 1 aromatic heterocycles. The molecule has 1 rings (SSSR count). The highest BCUT2D eigenvalue weighted by molar-refractivity contribution is 6.74. The summed E-state index contributed by atoms with van der Waals surface area (Å²) >= 11 is 0. The fourth-order valence-corrected chi connectivity index (χ4v) is 6.48. The maximum absolute atomic E-state index is 9.40. The van der Waals surface area contributed by atoms with E-state index in [1.165, 1.54) is 0 Å². The SMILES string of the molecule is CC#C[C@@H](C)[C@H](/C=C/C=C/c1coc([C@H](C)[C@@H](C[C@H](/C=C/CO)O[Si](C)(C)C(C)(C)C)OC)n1)O[Si](C)(C)C(C)(C)C. The van der Waals surface area contributed by atoms with E-state index in [0.717, 1.165) is 5.69 Å². The molecule has 5 atom stereocenters. The highest BCUT2D eigenvalue weighted by Gasteiger charge is 2.40. The number of oxazole rings is 1. The zero-order chi connectivity index (χ0) is 32.4. The lowest BCUT2D eigenvalue weighted by Crippen LogP contribution is -2.44.